The van der Waals surface area contributed by atoms with Crippen LogP contribution in [0.3, 0.4) is 0 Å². The topological polar surface area (TPSA) is 64.2 Å². The summed E-state index contributed by atoms with van der Waals surface area (Å²) in [5.74, 6) is 0. The lowest BCUT2D eigenvalue weighted by atomic mass is 10.0. The molecule has 4 rings (SSSR count). The van der Waals surface area contributed by atoms with Gasteiger partial charge in [-0.15, -0.1) is 4.74 Å². The average Bonchev–Trinajstić information content (AvgIpc) is 3.17. The fourth-order valence-electron chi connectivity index (χ4n) is 3.18. The molecule has 1 amide bonds. The van der Waals surface area contributed by atoms with Crippen LogP contribution >= 0.6 is 0 Å². The third kappa shape index (κ3) is 4.35. The van der Waals surface area contributed by atoms with E-state index in [1.807, 2.05) is 48.5 Å². The van der Waals surface area contributed by atoms with Gasteiger partial charge in [0.05, 0.1) is 6.07 Å². The normalized spacial score (nSPS) is 10.6. The van der Waals surface area contributed by atoms with Crippen molar-refractivity contribution in [1.82, 2.24) is 10.1 Å². The van der Waals surface area contributed by atoms with E-state index in [1.165, 1.54) is 11.6 Å². The van der Waals surface area contributed by atoms with Crippen LogP contribution in [-0.4, -0.2) is 17.3 Å². The SMILES string of the molecule is O=C(NCCc1ccc(-c2ccccc2)cc1)n1oc(=O)cc1-c1ccccc1. The standard InChI is InChI=1S/C24H20N2O3/c27-23-17-22(21-9-5-2-6-10-21)26(29-23)24(28)25-16-15-18-11-13-20(14-12-18)19-7-3-1-4-8-19/h1-14,17H,15-16H2,(H,25,28). The molecule has 0 saturated heterocycles. The van der Waals surface area contributed by atoms with Crippen LogP contribution < -0.4 is 10.9 Å². The summed E-state index contributed by atoms with van der Waals surface area (Å²) < 4.78 is 6.06. The second-order valence-corrected chi connectivity index (χ2v) is 6.65. The first kappa shape index (κ1) is 18.5. The quantitative estimate of drug-likeness (QED) is 0.548. The third-order valence-electron chi connectivity index (χ3n) is 4.66. The fourth-order valence-corrected chi connectivity index (χ4v) is 3.18. The first-order valence-corrected chi connectivity index (χ1v) is 9.42. The zero-order chi connectivity index (χ0) is 20.1. The molecule has 1 N–H and O–H groups in total. The lowest BCUT2D eigenvalue weighted by Gasteiger charge is -2.08. The molecule has 0 fully saturated rings. The van der Waals surface area contributed by atoms with Crippen molar-refractivity contribution in [3.63, 3.8) is 0 Å². The predicted molar refractivity (Wildman–Crippen MR) is 113 cm³/mol. The first-order chi connectivity index (χ1) is 14.2. The zero-order valence-electron chi connectivity index (χ0n) is 15.7. The van der Waals surface area contributed by atoms with Crippen LogP contribution in [-0.2, 0) is 6.42 Å². The van der Waals surface area contributed by atoms with Crippen LogP contribution in [0.1, 0.15) is 5.56 Å². The smallest absolute Gasteiger partial charge is 0.335 e. The van der Waals surface area contributed by atoms with Crippen LogP contribution in [0, 0.1) is 0 Å². The van der Waals surface area contributed by atoms with Gasteiger partial charge in [0.2, 0.25) is 0 Å². The number of carbonyl (C=O) groups is 1. The Kier molecular flexibility index (Phi) is 5.38. The molecule has 0 spiro atoms. The van der Waals surface area contributed by atoms with Crippen LogP contribution in [0.5, 0.6) is 0 Å². The van der Waals surface area contributed by atoms with Gasteiger partial charge < -0.3 is 9.84 Å². The van der Waals surface area contributed by atoms with E-state index in [2.05, 4.69) is 41.7 Å². The summed E-state index contributed by atoms with van der Waals surface area (Å²) in [6.07, 6.45) is 0.674. The molecule has 1 aromatic heterocycles. The lowest BCUT2D eigenvalue weighted by Crippen LogP contribution is -2.30. The number of nitrogens with zero attached hydrogens (tertiary/aromatic N) is 1. The van der Waals surface area contributed by atoms with E-state index >= 15 is 0 Å². The van der Waals surface area contributed by atoms with Crippen molar-refractivity contribution in [2.45, 2.75) is 6.42 Å². The Morgan fingerprint density at radius 2 is 1.38 bits per heavy atom. The minimum absolute atomic E-state index is 0.430. The van der Waals surface area contributed by atoms with Crippen molar-refractivity contribution in [3.8, 4) is 22.4 Å². The number of rotatable bonds is 5. The van der Waals surface area contributed by atoms with Gasteiger partial charge >= 0.3 is 11.7 Å². The van der Waals surface area contributed by atoms with Crippen molar-refractivity contribution < 1.29 is 9.32 Å². The fraction of sp³-hybridized carbons (Fsp3) is 0.0833. The molecule has 0 bridgehead atoms. The Bertz CT molecular complexity index is 1140. The Morgan fingerprint density at radius 1 is 0.793 bits per heavy atom. The molecule has 5 heteroatoms. The summed E-state index contributed by atoms with van der Waals surface area (Å²) in [6, 6.07) is 28.5. The van der Waals surface area contributed by atoms with Crippen molar-refractivity contribution in [2.75, 3.05) is 6.54 Å². The minimum Gasteiger partial charge on any atom is -0.335 e. The number of nitrogens with one attached hydrogen (secondary N) is 1. The third-order valence-corrected chi connectivity index (χ3v) is 4.66. The average molecular weight is 384 g/mol. The van der Waals surface area contributed by atoms with E-state index in [4.69, 9.17) is 4.52 Å². The largest absolute Gasteiger partial charge is 0.358 e. The van der Waals surface area contributed by atoms with Crippen LogP contribution in [0.4, 0.5) is 4.79 Å². The summed E-state index contributed by atoms with van der Waals surface area (Å²) >= 11 is 0. The summed E-state index contributed by atoms with van der Waals surface area (Å²) in [6.45, 7) is 0.430. The molecule has 0 aliphatic carbocycles. The van der Waals surface area contributed by atoms with Gasteiger partial charge in [0.1, 0.15) is 5.69 Å². The maximum absolute atomic E-state index is 12.5. The summed E-state index contributed by atoms with van der Waals surface area (Å²) in [4.78, 5) is 24.2. The Balaban J connectivity index is 1.39. The number of carbonyl (C=O) groups excluding carboxylic acids is 1. The number of amides is 1. The van der Waals surface area contributed by atoms with Gasteiger partial charge in [-0.3, -0.25) is 0 Å². The van der Waals surface area contributed by atoms with E-state index in [0.29, 0.717) is 18.7 Å². The zero-order valence-corrected chi connectivity index (χ0v) is 15.7. The molecule has 29 heavy (non-hydrogen) atoms. The number of benzene rings is 3. The molecule has 4 aromatic rings. The highest BCUT2D eigenvalue weighted by Gasteiger charge is 2.15. The Morgan fingerprint density at radius 3 is 2.03 bits per heavy atom. The van der Waals surface area contributed by atoms with Crippen LogP contribution in [0.15, 0.2) is 100 Å². The molecule has 0 aliphatic rings. The molecular formula is C24H20N2O3. The van der Waals surface area contributed by atoms with Gasteiger partial charge in [0.15, 0.2) is 0 Å². The van der Waals surface area contributed by atoms with Crippen molar-refractivity contribution in [2.24, 2.45) is 0 Å². The van der Waals surface area contributed by atoms with E-state index in [-0.39, 0.29) is 0 Å². The maximum Gasteiger partial charge on any atom is 0.358 e. The van der Waals surface area contributed by atoms with E-state index in [0.717, 1.165) is 21.4 Å². The molecule has 144 valence electrons. The van der Waals surface area contributed by atoms with Gasteiger partial charge in [0, 0.05) is 12.1 Å². The number of hydrogen-bond donors (Lipinski definition) is 1. The van der Waals surface area contributed by atoms with Crippen molar-refractivity contribution in [3.05, 3.63) is 107 Å². The van der Waals surface area contributed by atoms with Crippen molar-refractivity contribution >= 4 is 6.03 Å². The second-order valence-electron chi connectivity index (χ2n) is 6.65. The lowest BCUT2D eigenvalue weighted by molar-refractivity contribution is 0.208. The summed E-state index contributed by atoms with van der Waals surface area (Å²) in [5.41, 5.74) is 4.05. The Hall–Kier alpha value is -3.86. The minimum atomic E-state index is -0.560. The van der Waals surface area contributed by atoms with Crippen molar-refractivity contribution in [1.29, 1.82) is 0 Å². The Labute approximate surface area is 168 Å². The number of aromatic nitrogens is 1. The highest BCUT2D eigenvalue weighted by molar-refractivity contribution is 5.80. The molecule has 5 nitrogen and oxygen atoms in total. The van der Waals surface area contributed by atoms with Gasteiger partial charge in [-0.05, 0) is 23.1 Å². The van der Waals surface area contributed by atoms with Crippen LogP contribution in [0.25, 0.3) is 22.4 Å². The molecule has 0 radical (unpaired) electrons. The maximum atomic E-state index is 12.5. The monoisotopic (exact) mass is 384 g/mol. The van der Waals surface area contributed by atoms with Gasteiger partial charge in [-0.2, -0.15) is 0 Å². The molecule has 0 atom stereocenters. The highest BCUT2D eigenvalue weighted by Crippen LogP contribution is 2.19. The van der Waals surface area contributed by atoms with Crippen LogP contribution in [0.2, 0.25) is 0 Å². The first-order valence-electron chi connectivity index (χ1n) is 9.42. The molecular weight excluding hydrogens is 364 g/mol. The van der Waals surface area contributed by atoms with Gasteiger partial charge in [0.25, 0.3) is 0 Å². The molecule has 0 aliphatic heterocycles. The highest BCUT2D eigenvalue weighted by atomic mass is 16.5. The van der Waals surface area contributed by atoms with E-state index in [9.17, 15) is 9.59 Å². The second kappa shape index (κ2) is 8.44. The van der Waals surface area contributed by atoms with Gasteiger partial charge in [-0.25, -0.2) is 9.59 Å². The molecule has 1 heterocycles. The predicted octanol–water partition coefficient (Wildman–Crippen LogP) is 4.58. The van der Waals surface area contributed by atoms with E-state index in [1.54, 1.807) is 0 Å². The molecule has 0 unspecified atom stereocenters. The molecule has 0 saturated carbocycles. The summed E-state index contributed by atoms with van der Waals surface area (Å²) in [7, 11) is 0. The number of hydrogen-bond acceptors (Lipinski definition) is 3. The van der Waals surface area contributed by atoms with Gasteiger partial charge in [-0.1, -0.05) is 84.9 Å². The summed E-state index contributed by atoms with van der Waals surface area (Å²) in [5, 5.41) is 2.81. The molecule has 3 aromatic carbocycles. The van der Waals surface area contributed by atoms with E-state index < -0.39 is 11.7 Å².